The van der Waals surface area contributed by atoms with Gasteiger partial charge in [0.15, 0.2) is 0 Å². The molecule has 0 aliphatic carbocycles. The molecule has 0 aliphatic rings. The highest BCUT2D eigenvalue weighted by Gasteiger charge is 2.11. The number of nitrogens with zero attached hydrogens (tertiary/aromatic N) is 2. The van der Waals surface area contributed by atoms with Gasteiger partial charge in [-0.2, -0.15) is 0 Å². The van der Waals surface area contributed by atoms with E-state index in [0.29, 0.717) is 17.9 Å². The number of ether oxygens (including phenoxy) is 1. The fourth-order valence-electron chi connectivity index (χ4n) is 2.76. The number of carbonyl (C=O) groups is 1. The van der Waals surface area contributed by atoms with Gasteiger partial charge < -0.3 is 20.4 Å². The van der Waals surface area contributed by atoms with E-state index in [2.05, 4.69) is 10.3 Å². The molecule has 0 aliphatic heterocycles. The SMILES string of the molecule is COc1cc(C(=O)NCCc2cccc(N)c2)ccc1-n1cnc(C)c1. The summed E-state index contributed by atoms with van der Waals surface area (Å²) in [5.74, 6) is 0.478. The minimum atomic E-state index is -0.138. The molecule has 1 heterocycles. The van der Waals surface area contributed by atoms with Gasteiger partial charge in [0.25, 0.3) is 5.91 Å². The topological polar surface area (TPSA) is 82.2 Å². The molecule has 2 aromatic carbocycles. The Morgan fingerprint density at radius 2 is 2.12 bits per heavy atom. The molecule has 3 aromatic rings. The number of nitrogen functional groups attached to an aromatic ring is 1. The number of hydrogen-bond acceptors (Lipinski definition) is 4. The highest BCUT2D eigenvalue weighted by molar-refractivity contribution is 5.95. The van der Waals surface area contributed by atoms with Gasteiger partial charge in [0.1, 0.15) is 5.75 Å². The van der Waals surface area contributed by atoms with Gasteiger partial charge >= 0.3 is 0 Å². The molecule has 3 rings (SSSR count). The van der Waals surface area contributed by atoms with Crippen molar-refractivity contribution in [3.05, 3.63) is 71.8 Å². The molecule has 0 spiro atoms. The molecule has 0 saturated carbocycles. The maximum atomic E-state index is 12.4. The summed E-state index contributed by atoms with van der Waals surface area (Å²) >= 11 is 0. The van der Waals surface area contributed by atoms with Crippen LogP contribution in [0.5, 0.6) is 5.75 Å². The zero-order chi connectivity index (χ0) is 18.5. The van der Waals surface area contributed by atoms with E-state index >= 15 is 0 Å². The third kappa shape index (κ3) is 4.03. The van der Waals surface area contributed by atoms with Gasteiger partial charge in [-0.15, -0.1) is 0 Å². The van der Waals surface area contributed by atoms with E-state index in [9.17, 15) is 4.79 Å². The lowest BCUT2D eigenvalue weighted by atomic mass is 10.1. The van der Waals surface area contributed by atoms with Crippen molar-refractivity contribution in [3.63, 3.8) is 0 Å². The Morgan fingerprint density at radius 1 is 1.27 bits per heavy atom. The predicted molar refractivity (Wildman–Crippen MR) is 102 cm³/mol. The molecule has 0 unspecified atom stereocenters. The molecule has 26 heavy (non-hydrogen) atoms. The maximum Gasteiger partial charge on any atom is 0.251 e. The van der Waals surface area contributed by atoms with Crippen molar-refractivity contribution >= 4 is 11.6 Å². The van der Waals surface area contributed by atoms with Gasteiger partial charge in [0.05, 0.1) is 24.8 Å². The second-order valence-corrected chi connectivity index (χ2v) is 6.06. The fraction of sp³-hybridized carbons (Fsp3) is 0.200. The molecule has 0 atom stereocenters. The molecule has 6 heteroatoms. The lowest BCUT2D eigenvalue weighted by molar-refractivity contribution is 0.0954. The van der Waals surface area contributed by atoms with Crippen LogP contribution in [0.4, 0.5) is 5.69 Å². The van der Waals surface area contributed by atoms with E-state index in [0.717, 1.165) is 29.1 Å². The molecule has 1 amide bonds. The van der Waals surface area contributed by atoms with Gasteiger partial charge in [0.2, 0.25) is 0 Å². The first-order valence-electron chi connectivity index (χ1n) is 8.38. The number of aromatic nitrogens is 2. The highest BCUT2D eigenvalue weighted by atomic mass is 16.5. The van der Waals surface area contributed by atoms with E-state index < -0.39 is 0 Å². The van der Waals surface area contributed by atoms with Crippen LogP contribution in [0.25, 0.3) is 5.69 Å². The van der Waals surface area contributed by atoms with Crippen molar-refractivity contribution in [2.75, 3.05) is 19.4 Å². The summed E-state index contributed by atoms with van der Waals surface area (Å²) in [6.07, 6.45) is 4.35. The van der Waals surface area contributed by atoms with Gasteiger partial charge in [-0.3, -0.25) is 4.79 Å². The van der Waals surface area contributed by atoms with Crippen molar-refractivity contribution in [1.82, 2.24) is 14.9 Å². The first-order valence-corrected chi connectivity index (χ1v) is 8.38. The van der Waals surface area contributed by atoms with Crippen molar-refractivity contribution < 1.29 is 9.53 Å². The first kappa shape index (κ1) is 17.5. The number of aryl methyl sites for hydroxylation is 1. The summed E-state index contributed by atoms with van der Waals surface area (Å²) in [4.78, 5) is 16.6. The van der Waals surface area contributed by atoms with Crippen molar-refractivity contribution in [3.8, 4) is 11.4 Å². The van der Waals surface area contributed by atoms with E-state index in [1.807, 2.05) is 48.0 Å². The Balaban J connectivity index is 1.67. The molecule has 6 nitrogen and oxygen atoms in total. The lowest BCUT2D eigenvalue weighted by Gasteiger charge is -2.11. The van der Waals surface area contributed by atoms with Crippen LogP contribution in [-0.4, -0.2) is 29.1 Å². The molecule has 0 saturated heterocycles. The average Bonchev–Trinajstić information content (AvgIpc) is 3.07. The van der Waals surface area contributed by atoms with Crippen LogP contribution in [0.15, 0.2) is 55.0 Å². The monoisotopic (exact) mass is 350 g/mol. The summed E-state index contributed by atoms with van der Waals surface area (Å²) in [6, 6.07) is 13.0. The number of benzene rings is 2. The molecule has 1 aromatic heterocycles. The van der Waals surface area contributed by atoms with Crippen LogP contribution < -0.4 is 15.8 Å². The number of nitrogens with two attached hydrogens (primary N) is 1. The van der Waals surface area contributed by atoms with E-state index in [1.165, 1.54) is 0 Å². The molecule has 134 valence electrons. The Morgan fingerprint density at radius 3 is 2.81 bits per heavy atom. The summed E-state index contributed by atoms with van der Waals surface area (Å²) in [5, 5.41) is 2.93. The average molecular weight is 350 g/mol. The summed E-state index contributed by atoms with van der Waals surface area (Å²) in [5.41, 5.74) is 9.89. The number of methoxy groups -OCH3 is 1. The highest BCUT2D eigenvalue weighted by Crippen LogP contribution is 2.24. The van der Waals surface area contributed by atoms with Crippen molar-refractivity contribution in [2.24, 2.45) is 0 Å². The number of amides is 1. The molecule has 0 bridgehead atoms. The van der Waals surface area contributed by atoms with Crippen LogP contribution in [0, 0.1) is 6.92 Å². The maximum absolute atomic E-state index is 12.4. The fourth-order valence-corrected chi connectivity index (χ4v) is 2.76. The number of imidazole rings is 1. The molecule has 0 fully saturated rings. The van der Waals surface area contributed by atoms with E-state index in [4.69, 9.17) is 10.5 Å². The minimum Gasteiger partial charge on any atom is -0.495 e. The minimum absolute atomic E-state index is 0.138. The standard InChI is InChI=1S/C20H22N4O2/c1-14-12-24(13-23-14)18-7-6-16(11-19(18)26-2)20(25)22-9-8-15-4-3-5-17(21)10-15/h3-7,10-13H,8-9,21H2,1-2H3,(H,22,25). The Hall–Kier alpha value is -3.28. The van der Waals surface area contributed by atoms with Gasteiger partial charge in [-0.1, -0.05) is 12.1 Å². The number of anilines is 1. The zero-order valence-electron chi connectivity index (χ0n) is 14.9. The predicted octanol–water partition coefficient (Wildman–Crippen LogP) is 2.74. The molecular weight excluding hydrogens is 328 g/mol. The number of nitrogens with one attached hydrogen (secondary N) is 1. The van der Waals surface area contributed by atoms with Crippen molar-refractivity contribution in [2.45, 2.75) is 13.3 Å². The quantitative estimate of drug-likeness (QED) is 0.670. The second-order valence-electron chi connectivity index (χ2n) is 6.06. The van der Waals surface area contributed by atoms with Crippen LogP contribution in [0.1, 0.15) is 21.6 Å². The van der Waals surface area contributed by atoms with Crippen molar-refractivity contribution in [1.29, 1.82) is 0 Å². The first-order chi connectivity index (χ1) is 12.6. The third-order valence-corrected chi connectivity index (χ3v) is 4.08. The van der Waals surface area contributed by atoms with Gasteiger partial charge in [0, 0.05) is 24.0 Å². The number of rotatable bonds is 6. The van der Waals surface area contributed by atoms with Crippen LogP contribution in [0.2, 0.25) is 0 Å². The smallest absolute Gasteiger partial charge is 0.251 e. The largest absolute Gasteiger partial charge is 0.495 e. The second kappa shape index (κ2) is 7.74. The van der Waals surface area contributed by atoms with Crippen LogP contribution >= 0.6 is 0 Å². The van der Waals surface area contributed by atoms with Crippen LogP contribution in [-0.2, 0) is 6.42 Å². The Kier molecular flexibility index (Phi) is 5.22. The number of carbonyl (C=O) groups excluding carboxylic acids is 1. The summed E-state index contributed by atoms with van der Waals surface area (Å²) in [6.45, 7) is 2.46. The molecule has 3 N–H and O–H groups in total. The Bertz CT molecular complexity index is 918. The number of hydrogen-bond donors (Lipinski definition) is 2. The van der Waals surface area contributed by atoms with E-state index in [-0.39, 0.29) is 5.91 Å². The molecular formula is C20H22N4O2. The van der Waals surface area contributed by atoms with Crippen LogP contribution in [0.3, 0.4) is 0 Å². The summed E-state index contributed by atoms with van der Waals surface area (Å²) in [7, 11) is 1.59. The normalized spacial score (nSPS) is 10.5. The Labute approximate surface area is 152 Å². The lowest BCUT2D eigenvalue weighted by Crippen LogP contribution is -2.25. The summed E-state index contributed by atoms with van der Waals surface area (Å²) < 4.78 is 7.31. The third-order valence-electron chi connectivity index (χ3n) is 4.08. The van der Waals surface area contributed by atoms with E-state index in [1.54, 1.807) is 25.6 Å². The zero-order valence-corrected chi connectivity index (χ0v) is 14.9. The van der Waals surface area contributed by atoms with Gasteiger partial charge in [-0.25, -0.2) is 4.98 Å². The molecule has 0 radical (unpaired) electrons. The van der Waals surface area contributed by atoms with Gasteiger partial charge in [-0.05, 0) is 49.2 Å².